The lowest BCUT2D eigenvalue weighted by Crippen LogP contribution is -2.50. The number of rotatable bonds is 1. The van der Waals surface area contributed by atoms with E-state index in [0.717, 1.165) is 37.4 Å². The maximum Gasteiger partial charge on any atom is 0.324 e. The van der Waals surface area contributed by atoms with Gasteiger partial charge in [-0.15, -0.1) is 0 Å². The number of anilines is 1. The second-order valence-corrected chi connectivity index (χ2v) is 4.37. The molecular formula is C13H19N3O. The van der Waals surface area contributed by atoms with E-state index in [1.54, 1.807) is 4.90 Å². The molecule has 92 valence electrons. The van der Waals surface area contributed by atoms with Crippen LogP contribution in [0.2, 0.25) is 0 Å². The maximum atomic E-state index is 12.3. The lowest BCUT2D eigenvalue weighted by molar-refractivity contribution is 0.198. The molecule has 1 aliphatic heterocycles. The van der Waals surface area contributed by atoms with Crippen LogP contribution in [0.15, 0.2) is 24.3 Å². The van der Waals surface area contributed by atoms with Crippen molar-refractivity contribution in [2.75, 3.05) is 38.1 Å². The number of benzene rings is 1. The van der Waals surface area contributed by atoms with Crippen LogP contribution >= 0.6 is 0 Å². The molecule has 0 aliphatic carbocycles. The fraction of sp³-hybridized carbons (Fsp3) is 0.462. The van der Waals surface area contributed by atoms with Crippen molar-refractivity contribution in [1.29, 1.82) is 0 Å². The summed E-state index contributed by atoms with van der Waals surface area (Å²) in [5.41, 5.74) is 2.11. The summed E-state index contributed by atoms with van der Waals surface area (Å²) in [6.45, 7) is 5.36. The van der Waals surface area contributed by atoms with Gasteiger partial charge in [-0.25, -0.2) is 4.79 Å². The standard InChI is InChI=1S/C13H19N3O/c1-11-5-3-4-6-12(11)15(2)13(17)16-9-7-14-8-10-16/h3-6,14H,7-10H2,1-2H3. The first-order valence-electron chi connectivity index (χ1n) is 5.99. The van der Waals surface area contributed by atoms with Crippen LogP contribution in [0, 0.1) is 6.92 Å². The molecule has 0 bridgehead atoms. The van der Waals surface area contributed by atoms with E-state index in [9.17, 15) is 4.79 Å². The monoisotopic (exact) mass is 233 g/mol. The Bertz CT molecular complexity index is 399. The molecule has 0 saturated carbocycles. The highest BCUT2D eigenvalue weighted by molar-refractivity contribution is 5.92. The van der Waals surface area contributed by atoms with Crippen molar-refractivity contribution in [3.8, 4) is 0 Å². The van der Waals surface area contributed by atoms with Crippen LogP contribution in [0.5, 0.6) is 0 Å². The lowest BCUT2D eigenvalue weighted by atomic mass is 10.2. The zero-order valence-corrected chi connectivity index (χ0v) is 10.4. The third-order valence-electron chi connectivity index (χ3n) is 3.15. The molecule has 0 unspecified atom stereocenters. The third-order valence-corrected chi connectivity index (χ3v) is 3.15. The van der Waals surface area contributed by atoms with Crippen LogP contribution < -0.4 is 10.2 Å². The van der Waals surface area contributed by atoms with Crippen molar-refractivity contribution < 1.29 is 4.79 Å². The summed E-state index contributed by atoms with van der Waals surface area (Å²) >= 11 is 0. The predicted molar refractivity (Wildman–Crippen MR) is 69.4 cm³/mol. The molecule has 1 aliphatic rings. The summed E-state index contributed by atoms with van der Waals surface area (Å²) < 4.78 is 0. The molecule has 1 heterocycles. The molecule has 4 heteroatoms. The zero-order valence-electron chi connectivity index (χ0n) is 10.4. The summed E-state index contributed by atoms with van der Waals surface area (Å²) in [6.07, 6.45) is 0. The van der Waals surface area contributed by atoms with E-state index in [0.29, 0.717) is 0 Å². The molecule has 17 heavy (non-hydrogen) atoms. The molecule has 1 saturated heterocycles. The van der Waals surface area contributed by atoms with E-state index in [-0.39, 0.29) is 6.03 Å². The number of amides is 2. The van der Waals surface area contributed by atoms with Crippen LogP contribution in [-0.4, -0.2) is 44.2 Å². The van der Waals surface area contributed by atoms with Crippen LogP contribution in [0.4, 0.5) is 10.5 Å². The van der Waals surface area contributed by atoms with Crippen LogP contribution in [0.3, 0.4) is 0 Å². The van der Waals surface area contributed by atoms with E-state index < -0.39 is 0 Å². The second kappa shape index (κ2) is 5.19. The normalized spacial score (nSPS) is 15.8. The molecule has 1 fully saturated rings. The van der Waals surface area contributed by atoms with Crippen molar-refractivity contribution in [3.05, 3.63) is 29.8 Å². The molecule has 0 aromatic heterocycles. The van der Waals surface area contributed by atoms with E-state index in [2.05, 4.69) is 5.32 Å². The number of hydrogen-bond donors (Lipinski definition) is 1. The average Bonchev–Trinajstić information content (AvgIpc) is 2.39. The SMILES string of the molecule is Cc1ccccc1N(C)C(=O)N1CCNCC1. The van der Waals surface area contributed by atoms with Gasteiger partial charge in [-0.3, -0.25) is 4.90 Å². The highest BCUT2D eigenvalue weighted by Gasteiger charge is 2.21. The first-order chi connectivity index (χ1) is 8.20. The minimum Gasteiger partial charge on any atom is -0.322 e. The van der Waals surface area contributed by atoms with Crippen molar-refractivity contribution in [2.24, 2.45) is 0 Å². The maximum absolute atomic E-state index is 12.3. The van der Waals surface area contributed by atoms with Gasteiger partial charge in [0.15, 0.2) is 0 Å². The van der Waals surface area contributed by atoms with E-state index in [4.69, 9.17) is 0 Å². The van der Waals surface area contributed by atoms with Gasteiger partial charge in [-0.05, 0) is 18.6 Å². The Balaban J connectivity index is 2.11. The topological polar surface area (TPSA) is 35.6 Å². The number of nitrogens with one attached hydrogen (secondary N) is 1. The van der Waals surface area contributed by atoms with E-state index >= 15 is 0 Å². The lowest BCUT2D eigenvalue weighted by Gasteiger charge is -2.32. The molecule has 1 N–H and O–H groups in total. The van der Waals surface area contributed by atoms with Gasteiger partial charge in [0.1, 0.15) is 0 Å². The predicted octanol–water partition coefficient (Wildman–Crippen LogP) is 1.46. The minimum absolute atomic E-state index is 0.0841. The number of nitrogens with zero attached hydrogens (tertiary/aromatic N) is 2. The number of hydrogen-bond acceptors (Lipinski definition) is 2. The Morgan fingerprint density at radius 1 is 1.29 bits per heavy atom. The summed E-state index contributed by atoms with van der Waals surface area (Å²) in [5.74, 6) is 0. The van der Waals surface area contributed by atoms with Gasteiger partial charge in [-0.2, -0.15) is 0 Å². The number of aryl methyl sites for hydroxylation is 1. The van der Waals surface area contributed by atoms with Crippen LogP contribution in [0.25, 0.3) is 0 Å². The fourth-order valence-corrected chi connectivity index (χ4v) is 2.11. The molecule has 1 aromatic carbocycles. The Hall–Kier alpha value is -1.55. The third kappa shape index (κ3) is 2.58. The van der Waals surface area contributed by atoms with Crippen molar-refractivity contribution in [1.82, 2.24) is 10.2 Å². The van der Waals surface area contributed by atoms with Gasteiger partial charge in [0.2, 0.25) is 0 Å². The Morgan fingerprint density at radius 2 is 1.94 bits per heavy atom. The Morgan fingerprint density at radius 3 is 2.59 bits per heavy atom. The Labute approximate surface area is 102 Å². The first-order valence-corrected chi connectivity index (χ1v) is 5.99. The van der Waals surface area contributed by atoms with Crippen LogP contribution in [0.1, 0.15) is 5.56 Å². The van der Waals surface area contributed by atoms with E-state index in [1.165, 1.54) is 0 Å². The summed E-state index contributed by atoms with van der Waals surface area (Å²) in [4.78, 5) is 15.9. The summed E-state index contributed by atoms with van der Waals surface area (Å²) in [6, 6.07) is 8.04. The average molecular weight is 233 g/mol. The van der Waals surface area contributed by atoms with Gasteiger partial charge in [0, 0.05) is 38.9 Å². The highest BCUT2D eigenvalue weighted by Crippen LogP contribution is 2.19. The first kappa shape index (κ1) is 11.9. The van der Waals surface area contributed by atoms with Crippen LogP contribution in [-0.2, 0) is 0 Å². The van der Waals surface area contributed by atoms with Crippen molar-refractivity contribution >= 4 is 11.7 Å². The van der Waals surface area contributed by atoms with Gasteiger partial charge in [-0.1, -0.05) is 18.2 Å². The van der Waals surface area contributed by atoms with Crippen molar-refractivity contribution in [3.63, 3.8) is 0 Å². The van der Waals surface area contributed by atoms with E-state index in [1.807, 2.05) is 43.1 Å². The van der Waals surface area contributed by atoms with Gasteiger partial charge in [0.05, 0.1) is 0 Å². The molecule has 0 radical (unpaired) electrons. The molecule has 2 rings (SSSR count). The number of urea groups is 1. The van der Waals surface area contributed by atoms with Gasteiger partial charge < -0.3 is 10.2 Å². The fourth-order valence-electron chi connectivity index (χ4n) is 2.11. The smallest absolute Gasteiger partial charge is 0.322 e. The summed E-state index contributed by atoms with van der Waals surface area (Å²) in [7, 11) is 1.84. The molecule has 0 atom stereocenters. The molecule has 2 amide bonds. The number of para-hydroxylation sites is 1. The number of carbonyl (C=O) groups excluding carboxylic acids is 1. The Kier molecular flexibility index (Phi) is 3.64. The highest BCUT2D eigenvalue weighted by atomic mass is 16.2. The minimum atomic E-state index is 0.0841. The molecule has 0 spiro atoms. The molecular weight excluding hydrogens is 214 g/mol. The van der Waals surface area contributed by atoms with Crippen molar-refractivity contribution in [2.45, 2.75) is 6.92 Å². The van der Waals surface area contributed by atoms with Gasteiger partial charge in [0.25, 0.3) is 0 Å². The number of piperazine rings is 1. The molecule has 1 aromatic rings. The molecule has 4 nitrogen and oxygen atoms in total. The largest absolute Gasteiger partial charge is 0.324 e. The number of carbonyl (C=O) groups is 1. The van der Waals surface area contributed by atoms with Gasteiger partial charge >= 0.3 is 6.03 Å². The zero-order chi connectivity index (χ0) is 12.3. The second-order valence-electron chi connectivity index (χ2n) is 4.37. The quantitative estimate of drug-likeness (QED) is 0.797. The summed E-state index contributed by atoms with van der Waals surface area (Å²) in [5, 5.41) is 3.25.